The van der Waals surface area contributed by atoms with Gasteiger partial charge in [-0.1, -0.05) is 0 Å². The number of fused-ring (bicyclic) bond motifs is 1. The van der Waals surface area contributed by atoms with E-state index < -0.39 is 0 Å². The molecule has 2 rings (SSSR count). The van der Waals surface area contributed by atoms with Gasteiger partial charge in [0.1, 0.15) is 5.65 Å². The first-order chi connectivity index (χ1) is 6.81. The topological polar surface area (TPSA) is 58.2 Å². The van der Waals surface area contributed by atoms with Gasteiger partial charge in [0.15, 0.2) is 5.78 Å². The minimum Gasteiger partial charge on any atom is -0.306 e. The van der Waals surface area contributed by atoms with Crippen molar-refractivity contribution in [2.75, 3.05) is 0 Å². The molecule has 4 nitrogen and oxygen atoms in total. The highest BCUT2D eigenvalue weighted by Gasteiger charge is 2.05. The molecule has 0 atom stereocenters. The number of carbonyl (C=O) groups is 1. The molecule has 0 amide bonds. The van der Waals surface area contributed by atoms with E-state index in [9.17, 15) is 4.79 Å². The maximum absolute atomic E-state index is 11.4. The fraction of sp³-hybridized carbons (Fsp3) is 0.100. The van der Waals surface area contributed by atoms with Crippen molar-refractivity contribution in [1.82, 2.24) is 9.38 Å². The highest BCUT2D eigenvalue weighted by molar-refractivity contribution is 5.97. The van der Waals surface area contributed by atoms with Crippen LogP contribution in [0.25, 0.3) is 5.65 Å². The van der Waals surface area contributed by atoms with Crippen molar-refractivity contribution in [3.63, 3.8) is 0 Å². The number of hydrogen-bond donors (Lipinski definition) is 0. The number of imidazole rings is 1. The van der Waals surface area contributed by atoms with E-state index in [0.717, 1.165) is 5.65 Å². The molecule has 14 heavy (non-hydrogen) atoms. The van der Waals surface area contributed by atoms with Gasteiger partial charge in [-0.3, -0.25) is 4.79 Å². The van der Waals surface area contributed by atoms with Crippen LogP contribution in [0, 0.1) is 11.3 Å². The molecule has 0 saturated carbocycles. The van der Waals surface area contributed by atoms with Crippen LogP contribution in [0.1, 0.15) is 16.8 Å². The Morgan fingerprint density at radius 3 is 3.21 bits per heavy atom. The summed E-state index contributed by atoms with van der Waals surface area (Å²) in [5.41, 5.74) is 1.33. The molecule has 2 aromatic rings. The summed E-state index contributed by atoms with van der Waals surface area (Å²) in [6.07, 6.45) is 5.02. The molecule has 68 valence electrons. The molecule has 0 aromatic carbocycles. The quantitative estimate of drug-likeness (QED) is 0.665. The number of hydrogen-bond acceptors (Lipinski definition) is 3. The zero-order chi connectivity index (χ0) is 9.97. The summed E-state index contributed by atoms with van der Waals surface area (Å²) < 4.78 is 1.75. The fourth-order valence-corrected chi connectivity index (χ4v) is 1.26. The Kier molecular flexibility index (Phi) is 1.99. The second-order valence-electron chi connectivity index (χ2n) is 2.87. The van der Waals surface area contributed by atoms with Crippen molar-refractivity contribution >= 4 is 11.4 Å². The SMILES string of the molecule is N#CCC(=O)c1ccc2nccn2c1. The van der Waals surface area contributed by atoms with Gasteiger partial charge >= 0.3 is 0 Å². The number of rotatable bonds is 2. The molecule has 0 aliphatic rings. The van der Waals surface area contributed by atoms with Gasteiger partial charge in [0.25, 0.3) is 0 Å². The highest BCUT2D eigenvalue weighted by Crippen LogP contribution is 2.06. The molecular weight excluding hydrogens is 178 g/mol. The summed E-state index contributed by atoms with van der Waals surface area (Å²) in [5.74, 6) is -0.164. The summed E-state index contributed by atoms with van der Waals surface area (Å²) >= 11 is 0. The Morgan fingerprint density at radius 1 is 1.57 bits per heavy atom. The normalized spacial score (nSPS) is 9.93. The number of aromatic nitrogens is 2. The predicted octanol–water partition coefficient (Wildman–Crippen LogP) is 1.43. The van der Waals surface area contributed by atoms with E-state index in [1.54, 1.807) is 35.1 Å². The minimum atomic E-state index is -0.164. The first kappa shape index (κ1) is 8.45. The number of ketones is 1. The van der Waals surface area contributed by atoms with Gasteiger partial charge < -0.3 is 4.40 Å². The van der Waals surface area contributed by atoms with Crippen molar-refractivity contribution in [3.05, 3.63) is 36.3 Å². The Morgan fingerprint density at radius 2 is 2.43 bits per heavy atom. The van der Waals surface area contributed by atoms with Gasteiger partial charge in [-0.15, -0.1) is 0 Å². The zero-order valence-corrected chi connectivity index (χ0v) is 7.34. The van der Waals surface area contributed by atoms with Crippen LogP contribution in [0.4, 0.5) is 0 Å². The molecular formula is C10H7N3O. The fourth-order valence-electron chi connectivity index (χ4n) is 1.26. The molecule has 0 aliphatic heterocycles. The first-order valence-corrected chi connectivity index (χ1v) is 4.14. The molecule has 0 radical (unpaired) electrons. The maximum Gasteiger partial charge on any atom is 0.178 e. The molecule has 4 heteroatoms. The van der Waals surface area contributed by atoms with E-state index >= 15 is 0 Å². The average Bonchev–Trinajstić information content (AvgIpc) is 2.64. The molecule has 0 fully saturated rings. The van der Waals surface area contributed by atoms with Crippen LogP contribution in [-0.4, -0.2) is 15.2 Å². The van der Waals surface area contributed by atoms with Crippen molar-refractivity contribution < 1.29 is 4.79 Å². The van der Waals surface area contributed by atoms with Crippen LogP contribution in [0.15, 0.2) is 30.7 Å². The molecule has 2 aromatic heterocycles. The smallest absolute Gasteiger partial charge is 0.178 e. The molecule has 0 unspecified atom stereocenters. The van der Waals surface area contributed by atoms with E-state index in [1.165, 1.54) is 0 Å². The number of Topliss-reactive ketones (excluding diaryl/α,β-unsaturated/α-hetero) is 1. The van der Waals surface area contributed by atoms with E-state index in [1.807, 2.05) is 6.07 Å². The van der Waals surface area contributed by atoms with Gasteiger partial charge in [0.05, 0.1) is 12.5 Å². The van der Waals surface area contributed by atoms with Crippen LogP contribution in [0.5, 0.6) is 0 Å². The monoisotopic (exact) mass is 185 g/mol. The van der Waals surface area contributed by atoms with Gasteiger partial charge in [-0.05, 0) is 12.1 Å². The van der Waals surface area contributed by atoms with E-state index in [2.05, 4.69) is 4.98 Å². The lowest BCUT2D eigenvalue weighted by molar-refractivity contribution is 0.0997. The Bertz CT molecular complexity index is 521. The third kappa shape index (κ3) is 1.36. The van der Waals surface area contributed by atoms with Gasteiger partial charge in [0.2, 0.25) is 0 Å². The Balaban J connectivity index is 2.44. The van der Waals surface area contributed by atoms with Crippen molar-refractivity contribution in [1.29, 1.82) is 5.26 Å². The van der Waals surface area contributed by atoms with Crippen LogP contribution >= 0.6 is 0 Å². The molecule has 0 bridgehead atoms. The number of nitriles is 1. The first-order valence-electron chi connectivity index (χ1n) is 4.14. The lowest BCUT2D eigenvalue weighted by Gasteiger charge is -1.97. The lowest BCUT2D eigenvalue weighted by Crippen LogP contribution is -1.99. The van der Waals surface area contributed by atoms with Crippen molar-refractivity contribution in [2.45, 2.75) is 6.42 Å². The van der Waals surface area contributed by atoms with Crippen LogP contribution < -0.4 is 0 Å². The van der Waals surface area contributed by atoms with E-state index in [-0.39, 0.29) is 12.2 Å². The molecule has 0 spiro atoms. The van der Waals surface area contributed by atoms with Crippen LogP contribution in [-0.2, 0) is 0 Å². The Hall–Kier alpha value is -2.15. The van der Waals surface area contributed by atoms with E-state index in [0.29, 0.717) is 5.56 Å². The number of carbonyl (C=O) groups excluding carboxylic acids is 1. The Labute approximate surface area is 80.4 Å². The largest absolute Gasteiger partial charge is 0.306 e. The second-order valence-corrected chi connectivity index (χ2v) is 2.87. The average molecular weight is 185 g/mol. The number of pyridine rings is 1. The summed E-state index contributed by atoms with van der Waals surface area (Å²) in [6, 6.07) is 5.27. The number of nitrogens with zero attached hydrogens (tertiary/aromatic N) is 3. The zero-order valence-electron chi connectivity index (χ0n) is 7.34. The third-order valence-electron chi connectivity index (χ3n) is 1.95. The summed E-state index contributed by atoms with van der Waals surface area (Å²) in [6.45, 7) is 0. The molecule has 0 saturated heterocycles. The van der Waals surface area contributed by atoms with Gasteiger partial charge in [0, 0.05) is 24.2 Å². The predicted molar refractivity (Wildman–Crippen MR) is 49.8 cm³/mol. The molecule has 0 N–H and O–H groups in total. The minimum absolute atomic E-state index is 0.0831. The van der Waals surface area contributed by atoms with Crippen LogP contribution in [0.3, 0.4) is 0 Å². The van der Waals surface area contributed by atoms with Crippen LogP contribution in [0.2, 0.25) is 0 Å². The molecule has 0 aliphatic carbocycles. The van der Waals surface area contributed by atoms with E-state index in [4.69, 9.17) is 5.26 Å². The highest BCUT2D eigenvalue weighted by atomic mass is 16.1. The van der Waals surface area contributed by atoms with Gasteiger partial charge in [-0.25, -0.2) is 4.98 Å². The van der Waals surface area contributed by atoms with Crippen molar-refractivity contribution in [2.24, 2.45) is 0 Å². The maximum atomic E-state index is 11.4. The van der Waals surface area contributed by atoms with Crippen molar-refractivity contribution in [3.8, 4) is 6.07 Å². The summed E-state index contributed by atoms with van der Waals surface area (Å²) in [4.78, 5) is 15.4. The van der Waals surface area contributed by atoms with Gasteiger partial charge in [-0.2, -0.15) is 5.26 Å². The summed E-state index contributed by atoms with van der Waals surface area (Å²) in [5, 5.41) is 8.38. The molecule has 2 heterocycles. The third-order valence-corrected chi connectivity index (χ3v) is 1.95. The standard InChI is InChI=1S/C10H7N3O/c11-4-3-9(14)8-1-2-10-12-5-6-13(10)7-8/h1-2,5-7H,3H2. The summed E-state index contributed by atoms with van der Waals surface area (Å²) in [7, 11) is 0. The second kappa shape index (κ2) is 3.30. The lowest BCUT2D eigenvalue weighted by atomic mass is 10.1.